The number of carbonyl (C=O) groups excluding carboxylic acids is 1. The first-order chi connectivity index (χ1) is 9.29. The summed E-state index contributed by atoms with van der Waals surface area (Å²) in [6.45, 7) is 3.67. The standard InChI is InChI=1S/C15H19N3O/c1-2-14(19)18-8-5-11(6-9-18)12-10-17-13-4-3-7-16-15(12)13/h3-4,7,10-11,17H,2,5-6,8-9H2,1H3. The average molecular weight is 257 g/mol. The molecule has 0 spiro atoms. The molecule has 0 saturated carbocycles. The minimum absolute atomic E-state index is 0.274. The Morgan fingerprint density at radius 1 is 1.47 bits per heavy atom. The van der Waals surface area contributed by atoms with E-state index in [-0.39, 0.29) is 5.91 Å². The normalized spacial score (nSPS) is 17.0. The Labute approximate surface area is 112 Å². The fourth-order valence-electron chi connectivity index (χ4n) is 2.95. The highest BCUT2D eigenvalue weighted by Gasteiger charge is 2.24. The SMILES string of the molecule is CCC(=O)N1CCC(c2c[nH]c3cccnc23)CC1. The lowest BCUT2D eigenvalue weighted by molar-refractivity contribution is -0.131. The maximum absolute atomic E-state index is 11.7. The van der Waals surface area contributed by atoms with Gasteiger partial charge in [-0.1, -0.05) is 6.92 Å². The molecule has 1 aliphatic heterocycles. The number of piperidine rings is 1. The minimum Gasteiger partial charge on any atom is -0.360 e. The zero-order valence-electron chi connectivity index (χ0n) is 11.2. The number of fused-ring (bicyclic) bond motifs is 1. The fraction of sp³-hybridized carbons (Fsp3) is 0.467. The lowest BCUT2D eigenvalue weighted by Gasteiger charge is -2.31. The van der Waals surface area contributed by atoms with Crippen molar-refractivity contribution in [1.29, 1.82) is 0 Å². The van der Waals surface area contributed by atoms with Crippen molar-refractivity contribution in [2.24, 2.45) is 0 Å². The Morgan fingerprint density at radius 2 is 2.26 bits per heavy atom. The van der Waals surface area contributed by atoms with Crippen LogP contribution in [0.2, 0.25) is 0 Å². The van der Waals surface area contributed by atoms with E-state index in [0.29, 0.717) is 12.3 Å². The van der Waals surface area contributed by atoms with Gasteiger partial charge in [0.05, 0.1) is 11.0 Å². The van der Waals surface area contributed by atoms with E-state index >= 15 is 0 Å². The summed E-state index contributed by atoms with van der Waals surface area (Å²) < 4.78 is 0. The Kier molecular flexibility index (Phi) is 3.23. The van der Waals surface area contributed by atoms with Crippen LogP contribution in [0.4, 0.5) is 0 Å². The van der Waals surface area contributed by atoms with Gasteiger partial charge in [0.1, 0.15) is 0 Å². The average Bonchev–Trinajstić information content (AvgIpc) is 2.90. The smallest absolute Gasteiger partial charge is 0.222 e. The molecule has 1 fully saturated rings. The summed E-state index contributed by atoms with van der Waals surface area (Å²) in [4.78, 5) is 21.4. The Balaban J connectivity index is 1.77. The van der Waals surface area contributed by atoms with Crippen LogP contribution in [0.5, 0.6) is 0 Å². The predicted molar refractivity (Wildman–Crippen MR) is 74.9 cm³/mol. The second-order valence-electron chi connectivity index (χ2n) is 5.15. The topological polar surface area (TPSA) is 49.0 Å². The van der Waals surface area contributed by atoms with Crippen LogP contribution in [-0.2, 0) is 4.79 Å². The summed E-state index contributed by atoms with van der Waals surface area (Å²) in [5.41, 5.74) is 3.49. The van der Waals surface area contributed by atoms with Crippen LogP contribution in [0.25, 0.3) is 11.0 Å². The van der Waals surface area contributed by atoms with Gasteiger partial charge in [-0.15, -0.1) is 0 Å². The molecular weight excluding hydrogens is 238 g/mol. The number of nitrogens with one attached hydrogen (secondary N) is 1. The van der Waals surface area contributed by atoms with Gasteiger partial charge in [0.2, 0.25) is 5.91 Å². The van der Waals surface area contributed by atoms with Gasteiger partial charge in [0, 0.05) is 31.9 Å². The van der Waals surface area contributed by atoms with Crippen LogP contribution in [-0.4, -0.2) is 33.9 Å². The molecule has 0 aliphatic carbocycles. The molecule has 3 heterocycles. The van der Waals surface area contributed by atoms with E-state index in [1.807, 2.05) is 24.1 Å². The molecule has 0 unspecified atom stereocenters. The molecule has 100 valence electrons. The molecule has 0 aromatic carbocycles. The van der Waals surface area contributed by atoms with Crippen molar-refractivity contribution in [1.82, 2.24) is 14.9 Å². The van der Waals surface area contributed by atoms with Crippen molar-refractivity contribution in [2.45, 2.75) is 32.1 Å². The maximum atomic E-state index is 11.7. The van der Waals surface area contributed by atoms with Crippen molar-refractivity contribution >= 4 is 16.9 Å². The molecular formula is C15H19N3O. The Bertz CT molecular complexity index is 582. The van der Waals surface area contributed by atoms with Gasteiger partial charge in [0.25, 0.3) is 0 Å². The molecule has 4 nitrogen and oxygen atoms in total. The Morgan fingerprint density at radius 3 is 3.00 bits per heavy atom. The van der Waals surface area contributed by atoms with Crippen molar-refractivity contribution < 1.29 is 4.79 Å². The predicted octanol–water partition coefficient (Wildman–Crippen LogP) is 2.68. The van der Waals surface area contributed by atoms with Gasteiger partial charge >= 0.3 is 0 Å². The van der Waals surface area contributed by atoms with Crippen LogP contribution in [0.15, 0.2) is 24.5 Å². The summed E-state index contributed by atoms with van der Waals surface area (Å²) in [5.74, 6) is 0.792. The third-order valence-electron chi connectivity index (χ3n) is 4.05. The van der Waals surface area contributed by atoms with E-state index in [0.717, 1.165) is 37.0 Å². The van der Waals surface area contributed by atoms with E-state index in [9.17, 15) is 4.79 Å². The van der Waals surface area contributed by atoms with Gasteiger partial charge in [-0.05, 0) is 36.5 Å². The summed E-state index contributed by atoms with van der Waals surface area (Å²) in [7, 11) is 0. The zero-order chi connectivity index (χ0) is 13.2. The quantitative estimate of drug-likeness (QED) is 0.899. The molecule has 0 radical (unpaired) electrons. The van der Waals surface area contributed by atoms with Gasteiger partial charge in [-0.3, -0.25) is 9.78 Å². The number of hydrogen-bond donors (Lipinski definition) is 1. The zero-order valence-corrected chi connectivity index (χ0v) is 11.2. The molecule has 2 aromatic heterocycles. The Hall–Kier alpha value is -1.84. The van der Waals surface area contributed by atoms with E-state index in [2.05, 4.69) is 22.2 Å². The summed E-state index contributed by atoms with van der Waals surface area (Å²) >= 11 is 0. The number of carbonyl (C=O) groups is 1. The number of hydrogen-bond acceptors (Lipinski definition) is 2. The van der Waals surface area contributed by atoms with Crippen LogP contribution in [0.3, 0.4) is 0 Å². The minimum atomic E-state index is 0.274. The molecule has 1 N–H and O–H groups in total. The van der Waals surface area contributed by atoms with Crippen molar-refractivity contribution in [2.75, 3.05) is 13.1 Å². The van der Waals surface area contributed by atoms with E-state index in [1.54, 1.807) is 0 Å². The van der Waals surface area contributed by atoms with Gasteiger partial charge < -0.3 is 9.88 Å². The van der Waals surface area contributed by atoms with Gasteiger partial charge in [0.15, 0.2) is 0 Å². The first-order valence-corrected chi connectivity index (χ1v) is 6.99. The van der Waals surface area contributed by atoms with E-state index < -0.39 is 0 Å². The summed E-state index contributed by atoms with van der Waals surface area (Å²) in [6, 6.07) is 4.01. The number of aromatic nitrogens is 2. The number of H-pyrrole nitrogens is 1. The largest absolute Gasteiger partial charge is 0.360 e. The van der Waals surface area contributed by atoms with Crippen molar-refractivity contribution in [3.05, 3.63) is 30.1 Å². The molecule has 0 atom stereocenters. The summed E-state index contributed by atoms with van der Waals surface area (Å²) in [5, 5.41) is 0. The van der Waals surface area contributed by atoms with Gasteiger partial charge in [-0.25, -0.2) is 0 Å². The highest BCUT2D eigenvalue weighted by molar-refractivity contribution is 5.79. The maximum Gasteiger partial charge on any atom is 0.222 e. The fourth-order valence-corrected chi connectivity index (χ4v) is 2.95. The summed E-state index contributed by atoms with van der Waals surface area (Å²) in [6.07, 6.45) is 6.61. The number of nitrogens with zero attached hydrogens (tertiary/aromatic N) is 2. The third-order valence-corrected chi connectivity index (χ3v) is 4.05. The first kappa shape index (κ1) is 12.2. The highest BCUT2D eigenvalue weighted by Crippen LogP contribution is 2.32. The van der Waals surface area contributed by atoms with E-state index in [1.165, 1.54) is 5.56 Å². The first-order valence-electron chi connectivity index (χ1n) is 6.99. The number of rotatable bonds is 2. The molecule has 1 saturated heterocycles. The molecule has 4 heteroatoms. The second-order valence-corrected chi connectivity index (χ2v) is 5.15. The molecule has 1 amide bonds. The number of amides is 1. The molecule has 1 aliphatic rings. The van der Waals surface area contributed by atoms with Crippen LogP contribution >= 0.6 is 0 Å². The number of aromatic amines is 1. The van der Waals surface area contributed by atoms with Crippen molar-refractivity contribution in [3.63, 3.8) is 0 Å². The van der Waals surface area contributed by atoms with E-state index in [4.69, 9.17) is 0 Å². The lowest BCUT2D eigenvalue weighted by Crippen LogP contribution is -2.37. The molecule has 19 heavy (non-hydrogen) atoms. The second kappa shape index (κ2) is 5.03. The van der Waals surface area contributed by atoms with Crippen molar-refractivity contribution in [3.8, 4) is 0 Å². The van der Waals surface area contributed by atoms with Crippen LogP contribution in [0, 0.1) is 0 Å². The van der Waals surface area contributed by atoms with Gasteiger partial charge in [-0.2, -0.15) is 0 Å². The number of likely N-dealkylation sites (tertiary alicyclic amines) is 1. The van der Waals surface area contributed by atoms with Crippen LogP contribution < -0.4 is 0 Å². The third kappa shape index (κ3) is 2.23. The molecule has 0 bridgehead atoms. The number of pyridine rings is 1. The monoisotopic (exact) mass is 257 g/mol. The molecule has 2 aromatic rings. The lowest BCUT2D eigenvalue weighted by atomic mass is 9.90. The van der Waals surface area contributed by atoms with Crippen LogP contribution in [0.1, 0.15) is 37.7 Å². The molecule has 3 rings (SSSR count). The highest BCUT2D eigenvalue weighted by atomic mass is 16.2.